The predicted octanol–water partition coefficient (Wildman–Crippen LogP) is 2.08. The Bertz CT molecular complexity index is 581. The lowest BCUT2D eigenvalue weighted by atomic mass is 10.2. The number of aromatic nitrogens is 1. The summed E-state index contributed by atoms with van der Waals surface area (Å²) >= 11 is 0. The number of hydrogen-bond donors (Lipinski definition) is 2. The molecule has 0 atom stereocenters. The van der Waals surface area contributed by atoms with Gasteiger partial charge in [0.25, 0.3) is 0 Å². The summed E-state index contributed by atoms with van der Waals surface area (Å²) < 4.78 is 12.8. The van der Waals surface area contributed by atoms with Crippen LogP contribution in [0.3, 0.4) is 0 Å². The summed E-state index contributed by atoms with van der Waals surface area (Å²) in [4.78, 5) is 5.79. The second-order valence-electron chi connectivity index (χ2n) is 3.93. The standard InChI is InChI=1S/C13H13FN4O/c1-18(12-7-4-10(14)8-16-12)11-5-2-9(3-6-11)13(15)17-19/h2-8,19H,1H3,(H2,15,17). The van der Waals surface area contributed by atoms with Crippen molar-refractivity contribution in [1.29, 1.82) is 0 Å². The van der Waals surface area contributed by atoms with Gasteiger partial charge in [0, 0.05) is 18.3 Å². The molecule has 0 fully saturated rings. The molecule has 5 nitrogen and oxygen atoms in total. The SMILES string of the molecule is CN(c1ccc(/C(N)=N/O)cc1)c1ccc(F)cn1. The van der Waals surface area contributed by atoms with Crippen molar-refractivity contribution in [1.82, 2.24) is 4.98 Å². The number of hydrogen-bond acceptors (Lipinski definition) is 4. The minimum Gasteiger partial charge on any atom is -0.409 e. The molecule has 0 radical (unpaired) electrons. The zero-order valence-electron chi connectivity index (χ0n) is 10.3. The summed E-state index contributed by atoms with van der Waals surface area (Å²) in [6.07, 6.45) is 1.16. The molecule has 0 bridgehead atoms. The summed E-state index contributed by atoms with van der Waals surface area (Å²) in [5.74, 6) is 0.298. The molecule has 6 heteroatoms. The van der Waals surface area contributed by atoms with Crippen LogP contribution < -0.4 is 10.6 Å². The van der Waals surface area contributed by atoms with Crippen molar-refractivity contribution in [2.75, 3.05) is 11.9 Å². The van der Waals surface area contributed by atoms with Crippen LogP contribution in [-0.4, -0.2) is 23.1 Å². The summed E-state index contributed by atoms with van der Waals surface area (Å²) in [6.45, 7) is 0. The van der Waals surface area contributed by atoms with Crippen LogP contribution in [0.1, 0.15) is 5.56 Å². The quantitative estimate of drug-likeness (QED) is 0.383. The van der Waals surface area contributed by atoms with Crippen molar-refractivity contribution in [2.45, 2.75) is 0 Å². The number of oxime groups is 1. The lowest BCUT2D eigenvalue weighted by molar-refractivity contribution is 0.318. The first-order valence-corrected chi connectivity index (χ1v) is 5.55. The van der Waals surface area contributed by atoms with Crippen LogP contribution in [0.5, 0.6) is 0 Å². The molecule has 3 N–H and O–H groups in total. The van der Waals surface area contributed by atoms with Gasteiger partial charge in [0.2, 0.25) is 0 Å². The lowest BCUT2D eigenvalue weighted by Gasteiger charge is -2.18. The Hall–Kier alpha value is -2.63. The average Bonchev–Trinajstić information content (AvgIpc) is 2.46. The molecule has 1 aromatic carbocycles. The van der Waals surface area contributed by atoms with Gasteiger partial charge in [0.15, 0.2) is 5.84 Å². The molecule has 0 aliphatic carbocycles. The number of nitrogens with two attached hydrogens (primary N) is 1. The largest absolute Gasteiger partial charge is 0.409 e. The maximum atomic E-state index is 12.8. The van der Waals surface area contributed by atoms with Gasteiger partial charge < -0.3 is 15.8 Å². The molecule has 0 saturated heterocycles. The molecule has 0 spiro atoms. The van der Waals surface area contributed by atoms with E-state index in [-0.39, 0.29) is 11.7 Å². The second kappa shape index (κ2) is 5.34. The predicted molar refractivity (Wildman–Crippen MR) is 71.2 cm³/mol. The highest BCUT2D eigenvalue weighted by Crippen LogP contribution is 2.21. The van der Waals surface area contributed by atoms with Gasteiger partial charge in [-0.1, -0.05) is 5.16 Å². The number of anilines is 2. The van der Waals surface area contributed by atoms with Crippen molar-refractivity contribution in [3.8, 4) is 0 Å². The van der Waals surface area contributed by atoms with Crippen molar-refractivity contribution in [3.63, 3.8) is 0 Å². The molecular formula is C13H13FN4O. The number of rotatable bonds is 3. The average molecular weight is 260 g/mol. The Morgan fingerprint density at radius 1 is 1.26 bits per heavy atom. The third kappa shape index (κ3) is 2.79. The van der Waals surface area contributed by atoms with E-state index in [1.165, 1.54) is 6.07 Å². The highest BCUT2D eigenvalue weighted by molar-refractivity contribution is 5.97. The van der Waals surface area contributed by atoms with Crippen molar-refractivity contribution >= 4 is 17.3 Å². The Balaban J connectivity index is 2.24. The van der Waals surface area contributed by atoms with Crippen LogP contribution in [0.15, 0.2) is 47.8 Å². The van der Waals surface area contributed by atoms with Crippen LogP contribution in [0.4, 0.5) is 15.9 Å². The van der Waals surface area contributed by atoms with Gasteiger partial charge in [-0.2, -0.15) is 0 Å². The number of halogens is 1. The summed E-state index contributed by atoms with van der Waals surface area (Å²) in [6, 6.07) is 10.0. The van der Waals surface area contributed by atoms with Gasteiger partial charge in [-0.15, -0.1) is 0 Å². The van der Waals surface area contributed by atoms with E-state index in [1.807, 2.05) is 7.05 Å². The first kappa shape index (κ1) is 12.8. The summed E-state index contributed by atoms with van der Waals surface area (Å²) in [5, 5.41) is 11.5. The number of pyridine rings is 1. The Morgan fingerprint density at radius 2 is 1.95 bits per heavy atom. The van der Waals surface area contributed by atoms with Crippen LogP contribution in [0.2, 0.25) is 0 Å². The van der Waals surface area contributed by atoms with E-state index in [2.05, 4.69) is 10.1 Å². The van der Waals surface area contributed by atoms with Gasteiger partial charge in [-0.3, -0.25) is 0 Å². The number of amidine groups is 1. The van der Waals surface area contributed by atoms with Gasteiger partial charge in [-0.05, 0) is 36.4 Å². The molecule has 2 rings (SSSR count). The molecule has 0 aliphatic rings. The van der Waals surface area contributed by atoms with Crippen LogP contribution >= 0.6 is 0 Å². The second-order valence-corrected chi connectivity index (χ2v) is 3.93. The van der Waals surface area contributed by atoms with Crippen LogP contribution in [0, 0.1) is 5.82 Å². The normalized spacial score (nSPS) is 11.4. The van der Waals surface area contributed by atoms with Gasteiger partial charge in [0.05, 0.1) is 6.20 Å². The highest BCUT2D eigenvalue weighted by Gasteiger charge is 2.06. The number of nitrogens with zero attached hydrogens (tertiary/aromatic N) is 3. The van der Waals surface area contributed by atoms with Gasteiger partial charge in [0.1, 0.15) is 11.6 Å². The maximum Gasteiger partial charge on any atom is 0.170 e. The smallest absolute Gasteiger partial charge is 0.170 e. The fourth-order valence-corrected chi connectivity index (χ4v) is 1.61. The minimum absolute atomic E-state index is 0.0501. The van der Waals surface area contributed by atoms with E-state index >= 15 is 0 Å². The summed E-state index contributed by atoms with van der Waals surface area (Å²) in [5.41, 5.74) is 6.95. The molecule has 0 aliphatic heterocycles. The first-order chi connectivity index (χ1) is 9.11. The lowest BCUT2D eigenvalue weighted by Crippen LogP contribution is -2.14. The van der Waals surface area contributed by atoms with E-state index in [1.54, 1.807) is 35.2 Å². The van der Waals surface area contributed by atoms with E-state index in [4.69, 9.17) is 10.9 Å². The molecule has 1 heterocycles. The van der Waals surface area contributed by atoms with Gasteiger partial charge in [-0.25, -0.2) is 9.37 Å². The van der Waals surface area contributed by atoms with Crippen LogP contribution in [0.25, 0.3) is 0 Å². The molecule has 0 unspecified atom stereocenters. The maximum absolute atomic E-state index is 12.8. The number of benzene rings is 1. The Morgan fingerprint density at radius 3 is 2.47 bits per heavy atom. The minimum atomic E-state index is -0.376. The van der Waals surface area contributed by atoms with E-state index in [9.17, 15) is 4.39 Å². The van der Waals surface area contributed by atoms with E-state index < -0.39 is 0 Å². The molecule has 19 heavy (non-hydrogen) atoms. The first-order valence-electron chi connectivity index (χ1n) is 5.55. The molecule has 0 amide bonds. The molecule has 0 saturated carbocycles. The van der Waals surface area contributed by atoms with Crippen molar-refractivity contribution in [2.24, 2.45) is 10.9 Å². The zero-order chi connectivity index (χ0) is 13.8. The monoisotopic (exact) mass is 260 g/mol. The topological polar surface area (TPSA) is 74.7 Å². The van der Waals surface area contributed by atoms with Crippen molar-refractivity contribution in [3.05, 3.63) is 54.0 Å². The van der Waals surface area contributed by atoms with E-state index in [0.29, 0.717) is 11.4 Å². The Labute approximate surface area is 109 Å². The van der Waals surface area contributed by atoms with Crippen molar-refractivity contribution < 1.29 is 9.60 Å². The molecule has 2 aromatic rings. The van der Waals surface area contributed by atoms with E-state index in [0.717, 1.165) is 11.9 Å². The third-order valence-corrected chi connectivity index (χ3v) is 2.71. The highest BCUT2D eigenvalue weighted by atomic mass is 19.1. The van der Waals surface area contributed by atoms with Crippen LogP contribution in [-0.2, 0) is 0 Å². The molecular weight excluding hydrogens is 247 g/mol. The van der Waals surface area contributed by atoms with Gasteiger partial charge >= 0.3 is 0 Å². The fraction of sp³-hybridized carbons (Fsp3) is 0.0769. The Kier molecular flexibility index (Phi) is 3.61. The summed E-state index contributed by atoms with van der Waals surface area (Å²) in [7, 11) is 1.82. The molecule has 1 aromatic heterocycles. The molecule has 98 valence electrons. The zero-order valence-corrected chi connectivity index (χ0v) is 10.3. The third-order valence-electron chi connectivity index (χ3n) is 2.71. The fourth-order valence-electron chi connectivity index (χ4n) is 1.61.